The number of benzene rings is 1. The van der Waals surface area contributed by atoms with E-state index in [4.69, 9.17) is 10.4 Å². The normalized spacial score (nSPS) is 9.12. The maximum absolute atomic E-state index is 13.1. The van der Waals surface area contributed by atoms with Gasteiger partial charge in [0.2, 0.25) is 0 Å². The van der Waals surface area contributed by atoms with Gasteiger partial charge in [0.05, 0.1) is 11.3 Å². The number of aliphatic hydroxyl groups is 1. The lowest BCUT2D eigenvalue weighted by Gasteiger charge is -1.93. The highest BCUT2D eigenvalue weighted by Crippen LogP contribution is 2.21. The Bertz CT molecular complexity index is 555. The molecular formula is C11H9FN2O2. The molecule has 1 heterocycles. The highest BCUT2D eigenvalue weighted by atomic mass is 19.1. The molecule has 0 radical (unpaired) electrons. The highest BCUT2D eigenvalue weighted by molar-refractivity contribution is 5.91. The van der Waals surface area contributed by atoms with Gasteiger partial charge in [0.15, 0.2) is 6.29 Å². The van der Waals surface area contributed by atoms with Crippen molar-refractivity contribution in [2.45, 2.75) is 0 Å². The first kappa shape index (κ1) is 11.9. The summed E-state index contributed by atoms with van der Waals surface area (Å²) >= 11 is 0. The van der Waals surface area contributed by atoms with Gasteiger partial charge in [-0.2, -0.15) is 5.26 Å². The van der Waals surface area contributed by atoms with Crippen molar-refractivity contribution >= 4 is 17.2 Å². The molecule has 0 bridgehead atoms. The largest absolute Gasteiger partial charge is 0.400 e. The Hall–Kier alpha value is -2.19. The van der Waals surface area contributed by atoms with Crippen LogP contribution >= 0.6 is 0 Å². The molecule has 2 aromatic rings. The highest BCUT2D eigenvalue weighted by Gasteiger charge is 2.09. The minimum Gasteiger partial charge on any atom is -0.400 e. The van der Waals surface area contributed by atoms with E-state index in [2.05, 4.69) is 4.98 Å². The Morgan fingerprint density at radius 2 is 2.19 bits per heavy atom. The van der Waals surface area contributed by atoms with E-state index in [9.17, 15) is 9.18 Å². The summed E-state index contributed by atoms with van der Waals surface area (Å²) < 4.78 is 13.1. The third-order valence-corrected chi connectivity index (χ3v) is 2.01. The van der Waals surface area contributed by atoms with Crippen molar-refractivity contribution in [3.05, 3.63) is 35.3 Å². The molecule has 16 heavy (non-hydrogen) atoms. The number of hydrogen-bond donors (Lipinski definition) is 2. The number of carbonyl (C=O) groups excluding carboxylic acids is 1. The Labute approximate surface area is 90.9 Å². The molecule has 0 saturated carbocycles. The molecule has 1 aromatic heterocycles. The molecule has 0 amide bonds. The second-order valence-electron chi connectivity index (χ2n) is 2.84. The molecule has 5 heteroatoms. The van der Waals surface area contributed by atoms with E-state index in [1.807, 2.05) is 0 Å². The summed E-state index contributed by atoms with van der Waals surface area (Å²) in [6.45, 7) is 0. The predicted octanol–water partition coefficient (Wildman–Crippen LogP) is 1.60. The molecule has 1 aromatic carbocycles. The van der Waals surface area contributed by atoms with Crippen LogP contribution in [0.25, 0.3) is 10.9 Å². The van der Waals surface area contributed by atoms with E-state index in [1.54, 1.807) is 6.07 Å². The average molecular weight is 220 g/mol. The van der Waals surface area contributed by atoms with Crippen LogP contribution in [0, 0.1) is 17.1 Å². The number of aliphatic hydroxyl groups excluding tert-OH is 1. The second-order valence-corrected chi connectivity index (χ2v) is 2.84. The lowest BCUT2D eigenvalue weighted by molar-refractivity contribution is 0.112. The summed E-state index contributed by atoms with van der Waals surface area (Å²) in [5.41, 5.74) is 0.888. The van der Waals surface area contributed by atoms with Gasteiger partial charge < -0.3 is 10.1 Å². The third kappa shape index (κ3) is 1.92. The maximum atomic E-state index is 13.1. The summed E-state index contributed by atoms with van der Waals surface area (Å²) in [5.74, 6) is -0.573. The Kier molecular flexibility index (Phi) is 3.75. The summed E-state index contributed by atoms with van der Waals surface area (Å²) in [6.07, 6.45) is 0.624. The molecule has 0 saturated heterocycles. The van der Waals surface area contributed by atoms with Crippen LogP contribution in [0.5, 0.6) is 0 Å². The monoisotopic (exact) mass is 220 g/mol. The van der Waals surface area contributed by atoms with Crippen LogP contribution in [0.3, 0.4) is 0 Å². The number of H-pyrrole nitrogens is 1. The molecule has 0 atom stereocenters. The summed E-state index contributed by atoms with van der Waals surface area (Å²) in [7, 11) is 1.00. The van der Waals surface area contributed by atoms with Gasteiger partial charge >= 0.3 is 0 Å². The molecular weight excluding hydrogens is 211 g/mol. The molecule has 0 aliphatic rings. The van der Waals surface area contributed by atoms with Crippen LogP contribution in [0.2, 0.25) is 0 Å². The number of hydrogen-bond acceptors (Lipinski definition) is 3. The number of nitrogens with zero attached hydrogens (tertiary/aromatic N) is 1. The zero-order valence-electron chi connectivity index (χ0n) is 8.49. The van der Waals surface area contributed by atoms with Gasteiger partial charge in [-0.25, -0.2) is 4.39 Å². The fourth-order valence-electron chi connectivity index (χ4n) is 1.38. The molecule has 0 fully saturated rings. The lowest BCUT2D eigenvalue weighted by atomic mass is 10.1. The molecule has 2 N–H and O–H groups in total. The van der Waals surface area contributed by atoms with E-state index in [-0.39, 0.29) is 5.56 Å². The molecule has 0 spiro atoms. The van der Waals surface area contributed by atoms with Crippen molar-refractivity contribution in [2.75, 3.05) is 7.11 Å². The van der Waals surface area contributed by atoms with E-state index < -0.39 is 5.82 Å². The first-order valence-corrected chi connectivity index (χ1v) is 4.37. The Morgan fingerprint density at radius 1 is 1.50 bits per heavy atom. The molecule has 82 valence electrons. The van der Waals surface area contributed by atoms with E-state index in [0.29, 0.717) is 22.9 Å². The quantitative estimate of drug-likeness (QED) is 0.716. The topological polar surface area (TPSA) is 76.9 Å². The van der Waals surface area contributed by atoms with Crippen molar-refractivity contribution in [3.8, 4) is 6.07 Å². The molecule has 0 aliphatic carbocycles. The minimum absolute atomic E-state index is 0.0353. The van der Waals surface area contributed by atoms with Gasteiger partial charge in [-0.15, -0.1) is 0 Å². The maximum Gasteiger partial charge on any atom is 0.166 e. The van der Waals surface area contributed by atoms with Gasteiger partial charge in [-0.05, 0) is 18.2 Å². The number of nitriles is 1. The van der Waals surface area contributed by atoms with Crippen molar-refractivity contribution in [1.29, 1.82) is 5.26 Å². The van der Waals surface area contributed by atoms with Crippen LogP contribution < -0.4 is 0 Å². The molecule has 2 rings (SSSR count). The summed E-state index contributed by atoms with van der Waals surface area (Å²) in [5, 5.41) is 16.1. The van der Waals surface area contributed by atoms with Crippen LogP contribution in [0.4, 0.5) is 4.39 Å². The number of halogens is 1. The molecule has 0 aliphatic heterocycles. The first-order chi connectivity index (χ1) is 7.76. The zero-order chi connectivity index (χ0) is 12.1. The van der Waals surface area contributed by atoms with Crippen molar-refractivity contribution in [1.82, 2.24) is 4.98 Å². The number of nitrogens with one attached hydrogen (secondary N) is 1. The number of aldehydes is 1. The van der Waals surface area contributed by atoms with Gasteiger partial charge in [0.1, 0.15) is 11.9 Å². The SMILES string of the molecule is CO.N#Cc1c(F)ccc2[nH]c(C=O)cc12. The Balaban J connectivity index is 0.000000606. The number of fused-ring (bicyclic) bond motifs is 1. The first-order valence-electron chi connectivity index (χ1n) is 4.37. The van der Waals surface area contributed by atoms with E-state index in [0.717, 1.165) is 7.11 Å². The van der Waals surface area contributed by atoms with Crippen molar-refractivity contribution in [2.24, 2.45) is 0 Å². The minimum atomic E-state index is -0.573. The third-order valence-electron chi connectivity index (χ3n) is 2.01. The number of carbonyl (C=O) groups is 1. The Morgan fingerprint density at radius 3 is 2.75 bits per heavy atom. The van der Waals surface area contributed by atoms with Crippen LogP contribution in [-0.2, 0) is 0 Å². The summed E-state index contributed by atoms with van der Waals surface area (Å²) in [4.78, 5) is 13.2. The van der Waals surface area contributed by atoms with Gasteiger partial charge in [0.25, 0.3) is 0 Å². The number of rotatable bonds is 1. The fraction of sp³-hybridized carbons (Fsp3) is 0.0909. The van der Waals surface area contributed by atoms with E-state index in [1.165, 1.54) is 18.2 Å². The second kappa shape index (κ2) is 5.05. The van der Waals surface area contributed by atoms with Gasteiger partial charge in [-0.1, -0.05) is 0 Å². The van der Waals surface area contributed by atoms with Gasteiger partial charge in [-0.3, -0.25) is 4.79 Å². The van der Waals surface area contributed by atoms with Gasteiger partial charge in [0, 0.05) is 18.0 Å². The smallest absolute Gasteiger partial charge is 0.166 e. The number of aromatic nitrogens is 1. The zero-order valence-corrected chi connectivity index (χ0v) is 8.49. The molecule has 4 nitrogen and oxygen atoms in total. The number of aromatic amines is 1. The van der Waals surface area contributed by atoms with E-state index >= 15 is 0 Å². The average Bonchev–Trinajstić information content (AvgIpc) is 2.74. The van der Waals surface area contributed by atoms with Crippen molar-refractivity contribution < 1.29 is 14.3 Å². The lowest BCUT2D eigenvalue weighted by Crippen LogP contribution is -1.83. The fourth-order valence-corrected chi connectivity index (χ4v) is 1.38. The predicted molar refractivity (Wildman–Crippen MR) is 56.5 cm³/mol. The van der Waals surface area contributed by atoms with Crippen LogP contribution in [-0.4, -0.2) is 23.5 Å². The van der Waals surface area contributed by atoms with Crippen LogP contribution in [0.15, 0.2) is 18.2 Å². The van der Waals surface area contributed by atoms with Crippen LogP contribution in [0.1, 0.15) is 16.1 Å². The summed E-state index contributed by atoms with van der Waals surface area (Å²) in [6, 6.07) is 5.93. The van der Waals surface area contributed by atoms with Crippen molar-refractivity contribution in [3.63, 3.8) is 0 Å². The molecule has 0 unspecified atom stereocenters. The standard InChI is InChI=1S/C10H5FN2O.CH4O/c11-9-1-2-10-7(8(9)4-12)3-6(5-14)13-10;1-2/h1-3,5,13H;2H,1H3.